The first-order chi connectivity index (χ1) is 10.1. The second-order valence-electron chi connectivity index (χ2n) is 5.40. The number of nitrogens with one attached hydrogen (secondary N) is 1. The maximum atomic E-state index is 12.3. The van der Waals surface area contributed by atoms with Gasteiger partial charge in [0, 0.05) is 31.6 Å². The molecule has 1 saturated heterocycles. The van der Waals surface area contributed by atoms with Crippen molar-refractivity contribution in [2.24, 2.45) is 0 Å². The highest BCUT2D eigenvalue weighted by molar-refractivity contribution is 5.97. The van der Waals surface area contributed by atoms with Gasteiger partial charge in [-0.2, -0.15) is 0 Å². The Morgan fingerprint density at radius 1 is 1.24 bits per heavy atom. The van der Waals surface area contributed by atoms with E-state index in [-0.39, 0.29) is 5.91 Å². The van der Waals surface area contributed by atoms with Gasteiger partial charge in [-0.1, -0.05) is 25.5 Å². The highest BCUT2D eigenvalue weighted by Gasteiger charge is 2.41. The Morgan fingerprint density at radius 2 is 1.86 bits per heavy atom. The van der Waals surface area contributed by atoms with E-state index >= 15 is 0 Å². The molecule has 0 spiro atoms. The zero-order valence-electron chi connectivity index (χ0n) is 12.2. The Bertz CT molecular complexity index is 504. The SMILES string of the molecule is CCCc1ccc(C(=O)NC2(C(=O)O)CCOCC2)cc1. The van der Waals surface area contributed by atoms with Crippen LogP contribution < -0.4 is 5.32 Å². The Kier molecular flexibility index (Phi) is 4.96. The molecule has 1 heterocycles. The number of ether oxygens (including phenoxy) is 1. The number of carbonyl (C=O) groups is 2. The van der Waals surface area contributed by atoms with Crippen LogP contribution in [0.25, 0.3) is 0 Å². The Labute approximate surface area is 124 Å². The lowest BCUT2D eigenvalue weighted by atomic mass is 9.89. The molecule has 1 aliphatic heterocycles. The fourth-order valence-electron chi connectivity index (χ4n) is 2.51. The summed E-state index contributed by atoms with van der Waals surface area (Å²) in [6, 6.07) is 7.32. The third kappa shape index (κ3) is 3.61. The molecule has 21 heavy (non-hydrogen) atoms. The summed E-state index contributed by atoms with van der Waals surface area (Å²) in [6.07, 6.45) is 2.61. The summed E-state index contributed by atoms with van der Waals surface area (Å²) < 4.78 is 5.19. The van der Waals surface area contributed by atoms with E-state index in [0.717, 1.165) is 12.8 Å². The minimum atomic E-state index is -1.21. The van der Waals surface area contributed by atoms with Crippen LogP contribution in [0.4, 0.5) is 0 Å². The van der Waals surface area contributed by atoms with Gasteiger partial charge in [0.2, 0.25) is 0 Å². The molecule has 0 atom stereocenters. The smallest absolute Gasteiger partial charge is 0.329 e. The van der Waals surface area contributed by atoms with Crippen LogP contribution in [-0.2, 0) is 16.0 Å². The molecule has 0 radical (unpaired) electrons. The molecule has 1 amide bonds. The van der Waals surface area contributed by atoms with Crippen LogP contribution >= 0.6 is 0 Å². The molecule has 1 fully saturated rings. The number of amides is 1. The molecule has 1 aliphatic rings. The second-order valence-corrected chi connectivity index (χ2v) is 5.40. The van der Waals surface area contributed by atoms with Crippen LogP contribution in [0.15, 0.2) is 24.3 Å². The van der Waals surface area contributed by atoms with Gasteiger partial charge in [-0.25, -0.2) is 4.79 Å². The van der Waals surface area contributed by atoms with Gasteiger partial charge in [-0.05, 0) is 24.1 Å². The number of carbonyl (C=O) groups excluding carboxylic acids is 1. The summed E-state index contributed by atoms with van der Waals surface area (Å²) in [6.45, 7) is 2.80. The van der Waals surface area contributed by atoms with E-state index in [1.54, 1.807) is 12.1 Å². The molecule has 2 rings (SSSR count). The monoisotopic (exact) mass is 291 g/mol. The number of aliphatic carboxylic acids is 1. The van der Waals surface area contributed by atoms with Crippen molar-refractivity contribution in [3.63, 3.8) is 0 Å². The molecule has 5 nitrogen and oxygen atoms in total. The maximum absolute atomic E-state index is 12.3. The fourth-order valence-corrected chi connectivity index (χ4v) is 2.51. The number of hydrogen-bond acceptors (Lipinski definition) is 3. The van der Waals surface area contributed by atoms with E-state index < -0.39 is 11.5 Å². The fraction of sp³-hybridized carbons (Fsp3) is 0.500. The van der Waals surface area contributed by atoms with Crippen LogP contribution in [-0.4, -0.2) is 35.7 Å². The summed E-state index contributed by atoms with van der Waals surface area (Å²) in [5, 5.41) is 12.1. The number of hydrogen-bond donors (Lipinski definition) is 2. The van der Waals surface area contributed by atoms with Crippen LogP contribution in [0.1, 0.15) is 42.1 Å². The topological polar surface area (TPSA) is 75.6 Å². The zero-order valence-corrected chi connectivity index (χ0v) is 12.2. The molecule has 5 heteroatoms. The molecular weight excluding hydrogens is 270 g/mol. The van der Waals surface area contributed by atoms with Crippen molar-refractivity contribution in [3.8, 4) is 0 Å². The lowest BCUT2D eigenvalue weighted by Crippen LogP contribution is -2.57. The molecule has 0 bridgehead atoms. The number of benzene rings is 1. The number of aryl methyl sites for hydroxylation is 1. The lowest BCUT2D eigenvalue weighted by Gasteiger charge is -2.33. The Hall–Kier alpha value is -1.88. The number of carboxylic acids is 1. The van der Waals surface area contributed by atoms with Crippen molar-refractivity contribution >= 4 is 11.9 Å². The van der Waals surface area contributed by atoms with Crippen molar-refractivity contribution in [3.05, 3.63) is 35.4 Å². The molecular formula is C16H21NO4. The molecule has 1 aromatic carbocycles. The predicted molar refractivity (Wildman–Crippen MR) is 78.3 cm³/mol. The average molecular weight is 291 g/mol. The number of rotatable bonds is 5. The summed E-state index contributed by atoms with van der Waals surface area (Å²) in [4.78, 5) is 23.8. The van der Waals surface area contributed by atoms with E-state index in [1.165, 1.54) is 5.56 Å². The Morgan fingerprint density at radius 3 is 2.38 bits per heavy atom. The molecule has 1 aromatic rings. The third-order valence-corrected chi connectivity index (χ3v) is 3.86. The van der Waals surface area contributed by atoms with Crippen LogP contribution in [0.2, 0.25) is 0 Å². The van der Waals surface area contributed by atoms with Gasteiger partial charge in [0.15, 0.2) is 0 Å². The van der Waals surface area contributed by atoms with Gasteiger partial charge >= 0.3 is 5.97 Å². The largest absolute Gasteiger partial charge is 0.480 e. The number of carboxylic acid groups (broad SMARTS) is 1. The predicted octanol–water partition coefficient (Wildman–Crippen LogP) is 2.00. The van der Waals surface area contributed by atoms with Crippen LogP contribution in [0.3, 0.4) is 0 Å². The van der Waals surface area contributed by atoms with E-state index in [4.69, 9.17) is 4.74 Å². The van der Waals surface area contributed by atoms with E-state index in [2.05, 4.69) is 12.2 Å². The molecule has 0 aliphatic carbocycles. The highest BCUT2D eigenvalue weighted by atomic mass is 16.5. The maximum Gasteiger partial charge on any atom is 0.329 e. The molecule has 114 valence electrons. The van der Waals surface area contributed by atoms with Gasteiger partial charge in [0.25, 0.3) is 5.91 Å². The highest BCUT2D eigenvalue weighted by Crippen LogP contribution is 2.22. The van der Waals surface area contributed by atoms with Crippen LogP contribution in [0, 0.1) is 0 Å². The van der Waals surface area contributed by atoms with Crippen molar-refractivity contribution in [1.82, 2.24) is 5.32 Å². The summed E-state index contributed by atoms with van der Waals surface area (Å²) in [5.74, 6) is -1.34. The van der Waals surface area contributed by atoms with Gasteiger partial charge in [0.05, 0.1) is 0 Å². The second kappa shape index (κ2) is 6.72. The van der Waals surface area contributed by atoms with Crippen LogP contribution in [0.5, 0.6) is 0 Å². The minimum Gasteiger partial charge on any atom is -0.480 e. The van der Waals surface area contributed by atoms with E-state index in [1.807, 2.05) is 12.1 Å². The summed E-state index contributed by atoms with van der Waals surface area (Å²) in [7, 11) is 0. The molecule has 2 N–H and O–H groups in total. The quantitative estimate of drug-likeness (QED) is 0.870. The standard InChI is InChI=1S/C16H21NO4/c1-2-3-12-4-6-13(7-5-12)14(18)17-16(15(19)20)8-10-21-11-9-16/h4-7H,2-3,8-11H2,1H3,(H,17,18)(H,19,20). The van der Waals surface area contributed by atoms with Crippen molar-refractivity contribution in [2.75, 3.05) is 13.2 Å². The Balaban J connectivity index is 2.10. The molecule has 0 unspecified atom stereocenters. The van der Waals surface area contributed by atoms with Crippen molar-refractivity contribution < 1.29 is 19.4 Å². The minimum absolute atomic E-state index is 0.294. The van der Waals surface area contributed by atoms with Gasteiger partial charge in [0.1, 0.15) is 5.54 Å². The van der Waals surface area contributed by atoms with Crippen molar-refractivity contribution in [1.29, 1.82) is 0 Å². The average Bonchev–Trinajstić information content (AvgIpc) is 2.49. The van der Waals surface area contributed by atoms with Crippen molar-refractivity contribution in [2.45, 2.75) is 38.1 Å². The van der Waals surface area contributed by atoms with E-state index in [9.17, 15) is 14.7 Å². The molecule has 0 saturated carbocycles. The summed E-state index contributed by atoms with van der Waals surface area (Å²) >= 11 is 0. The van der Waals surface area contributed by atoms with E-state index in [0.29, 0.717) is 31.6 Å². The van der Waals surface area contributed by atoms with Gasteiger partial charge < -0.3 is 15.2 Å². The lowest BCUT2D eigenvalue weighted by molar-refractivity contribution is -0.148. The van der Waals surface area contributed by atoms with Gasteiger partial charge in [-0.3, -0.25) is 4.79 Å². The van der Waals surface area contributed by atoms with Gasteiger partial charge in [-0.15, -0.1) is 0 Å². The third-order valence-electron chi connectivity index (χ3n) is 3.86. The molecule has 0 aromatic heterocycles. The first-order valence-electron chi connectivity index (χ1n) is 7.30. The first kappa shape index (κ1) is 15.5. The zero-order chi connectivity index (χ0) is 15.3. The summed E-state index contributed by atoms with van der Waals surface area (Å²) in [5.41, 5.74) is 0.451. The normalized spacial score (nSPS) is 17.2. The first-order valence-corrected chi connectivity index (χ1v) is 7.30.